The van der Waals surface area contributed by atoms with Gasteiger partial charge in [0.15, 0.2) is 6.29 Å². The molecule has 17 heavy (non-hydrogen) atoms. The Labute approximate surface area is 101 Å². The van der Waals surface area contributed by atoms with Crippen molar-refractivity contribution in [2.24, 2.45) is 0 Å². The number of aldehydes is 1. The van der Waals surface area contributed by atoms with Crippen molar-refractivity contribution >= 4 is 12.0 Å². The highest BCUT2D eigenvalue weighted by Gasteiger charge is 2.15. The van der Waals surface area contributed by atoms with Crippen molar-refractivity contribution in [2.75, 3.05) is 25.5 Å². The fourth-order valence-electron chi connectivity index (χ4n) is 2.16. The Hall–Kier alpha value is -1.55. The molecule has 1 heterocycles. The highest BCUT2D eigenvalue weighted by Crippen LogP contribution is 2.25. The Morgan fingerprint density at radius 3 is 2.82 bits per heavy atom. The molecule has 1 fully saturated rings. The van der Waals surface area contributed by atoms with Crippen LogP contribution in [0.3, 0.4) is 0 Å². The minimum atomic E-state index is 0.432. The van der Waals surface area contributed by atoms with E-state index >= 15 is 0 Å². The third-order valence-corrected chi connectivity index (χ3v) is 3.10. The van der Waals surface area contributed by atoms with Gasteiger partial charge in [-0.15, -0.1) is 0 Å². The number of rotatable bonds is 4. The molecule has 2 rings (SSSR count). The first-order valence-electron chi connectivity index (χ1n) is 5.94. The third-order valence-electron chi connectivity index (χ3n) is 3.10. The van der Waals surface area contributed by atoms with Crippen LogP contribution in [0.25, 0.3) is 0 Å². The number of hydrogen-bond acceptors (Lipinski definition) is 4. The molecule has 1 aromatic rings. The van der Waals surface area contributed by atoms with Gasteiger partial charge in [0, 0.05) is 11.7 Å². The second kappa shape index (κ2) is 5.68. The Morgan fingerprint density at radius 1 is 1.41 bits per heavy atom. The number of carbonyl (C=O) groups excluding carboxylic acids is 1. The second-order valence-corrected chi connectivity index (χ2v) is 4.21. The first-order chi connectivity index (χ1) is 8.35. The van der Waals surface area contributed by atoms with Crippen molar-refractivity contribution in [3.05, 3.63) is 23.8 Å². The Balaban J connectivity index is 2.16. The van der Waals surface area contributed by atoms with Gasteiger partial charge in [0.25, 0.3) is 0 Å². The molecule has 0 saturated carbocycles. The topological polar surface area (TPSA) is 50.4 Å². The lowest BCUT2D eigenvalue weighted by Crippen LogP contribution is -2.35. The zero-order valence-electron chi connectivity index (χ0n) is 10.0. The van der Waals surface area contributed by atoms with E-state index in [1.165, 1.54) is 0 Å². The van der Waals surface area contributed by atoms with Gasteiger partial charge in [0.05, 0.1) is 12.7 Å². The molecule has 0 atom stereocenters. The molecule has 0 aliphatic carbocycles. The molecule has 0 aromatic heterocycles. The molecule has 4 heteroatoms. The standard InChI is InChI=1S/C13H18N2O2/c1-17-13-4-2-3-12(11(13)9-16)15-10-5-7-14-8-6-10/h2-4,9-10,14-15H,5-8H2,1H3. The predicted molar refractivity (Wildman–Crippen MR) is 67.9 cm³/mol. The summed E-state index contributed by atoms with van der Waals surface area (Å²) in [6.45, 7) is 2.05. The van der Waals surface area contributed by atoms with Crippen molar-refractivity contribution in [3.63, 3.8) is 0 Å². The van der Waals surface area contributed by atoms with Crippen molar-refractivity contribution in [1.29, 1.82) is 0 Å². The lowest BCUT2D eigenvalue weighted by molar-refractivity contribution is 0.112. The van der Waals surface area contributed by atoms with Crippen LogP contribution in [-0.2, 0) is 0 Å². The Kier molecular flexibility index (Phi) is 3.98. The summed E-state index contributed by atoms with van der Waals surface area (Å²) in [4.78, 5) is 11.1. The zero-order valence-corrected chi connectivity index (χ0v) is 10.0. The predicted octanol–water partition coefficient (Wildman–Crippen LogP) is 1.67. The van der Waals surface area contributed by atoms with Crippen molar-refractivity contribution in [2.45, 2.75) is 18.9 Å². The molecule has 0 spiro atoms. The Morgan fingerprint density at radius 2 is 2.18 bits per heavy atom. The molecule has 2 N–H and O–H groups in total. The van der Waals surface area contributed by atoms with E-state index in [2.05, 4.69) is 10.6 Å². The minimum absolute atomic E-state index is 0.432. The van der Waals surface area contributed by atoms with Gasteiger partial charge < -0.3 is 15.4 Å². The fourth-order valence-corrected chi connectivity index (χ4v) is 2.16. The molecule has 1 aromatic carbocycles. The molecular weight excluding hydrogens is 216 g/mol. The molecule has 1 saturated heterocycles. The molecule has 92 valence electrons. The molecule has 0 bridgehead atoms. The van der Waals surface area contributed by atoms with E-state index in [0.717, 1.165) is 37.9 Å². The van der Waals surface area contributed by atoms with Gasteiger partial charge in [-0.3, -0.25) is 4.79 Å². The maximum absolute atomic E-state index is 11.1. The van der Waals surface area contributed by atoms with Crippen molar-refractivity contribution in [1.82, 2.24) is 5.32 Å². The number of benzene rings is 1. The van der Waals surface area contributed by atoms with Gasteiger partial charge in [-0.2, -0.15) is 0 Å². The number of hydrogen-bond donors (Lipinski definition) is 2. The summed E-state index contributed by atoms with van der Waals surface area (Å²) in [5.74, 6) is 0.624. The maximum Gasteiger partial charge on any atom is 0.155 e. The van der Waals surface area contributed by atoms with Crippen LogP contribution in [0.2, 0.25) is 0 Å². The molecule has 1 aliphatic heterocycles. The van der Waals surface area contributed by atoms with Gasteiger partial charge >= 0.3 is 0 Å². The molecule has 0 amide bonds. The van der Waals surface area contributed by atoms with Gasteiger partial charge in [0.1, 0.15) is 5.75 Å². The first kappa shape index (κ1) is 11.9. The van der Waals surface area contributed by atoms with E-state index in [1.54, 1.807) is 13.2 Å². The lowest BCUT2D eigenvalue weighted by atomic mass is 10.1. The summed E-state index contributed by atoms with van der Waals surface area (Å²) in [6.07, 6.45) is 3.01. The van der Waals surface area contributed by atoms with E-state index in [-0.39, 0.29) is 0 Å². The SMILES string of the molecule is COc1cccc(NC2CCNCC2)c1C=O. The highest BCUT2D eigenvalue weighted by molar-refractivity contribution is 5.88. The van der Waals surface area contributed by atoms with E-state index < -0.39 is 0 Å². The molecule has 4 nitrogen and oxygen atoms in total. The minimum Gasteiger partial charge on any atom is -0.496 e. The maximum atomic E-state index is 11.1. The van der Waals surface area contributed by atoms with E-state index in [9.17, 15) is 4.79 Å². The number of ether oxygens (including phenoxy) is 1. The summed E-state index contributed by atoms with van der Waals surface area (Å²) in [6, 6.07) is 6.06. The van der Waals surface area contributed by atoms with Crippen LogP contribution in [0.15, 0.2) is 18.2 Å². The monoisotopic (exact) mass is 234 g/mol. The van der Waals surface area contributed by atoms with Gasteiger partial charge in [-0.25, -0.2) is 0 Å². The summed E-state index contributed by atoms with van der Waals surface area (Å²) >= 11 is 0. The normalized spacial score (nSPS) is 16.5. The van der Waals surface area contributed by atoms with Crippen LogP contribution in [0, 0.1) is 0 Å². The molecule has 0 radical (unpaired) electrons. The van der Waals surface area contributed by atoms with Crippen LogP contribution in [0.1, 0.15) is 23.2 Å². The number of methoxy groups -OCH3 is 1. The fraction of sp³-hybridized carbons (Fsp3) is 0.462. The quantitative estimate of drug-likeness (QED) is 0.778. The largest absolute Gasteiger partial charge is 0.496 e. The summed E-state index contributed by atoms with van der Waals surface area (Å²) in [5.41, 5.74) is 1.47. The lowest BCUT2D eigenvalue weighted by Gasteiger charge is -2.25. The molecule has 1 aliphatic rings. The average molecular weight is 234 g/mol. The first-order valence-corrected chi connectivity index (χ1v) is 5.94. The summed E-state index contributed by atoms with van der Waals surface area (Å²) in [5, 5.41) is 6.74. The Bertz CT molecular complexity index is 387. The highest BCUT2D eigenvalue weighted by atomic mass is 16.5. The van der Waals surface area contributed by atoms with Crippen LogP contribution in [0.4, 0.5) is 5.69 Å². The molecule has 0 unspecified atom stereocenters. The van der Waals surface area contributed by atoms with Crippen LogP contribution < -0.4 is 15.4 Å². The summed E-state index contributed by atoms with van der Waals surface area (Å²) < 4.78 is 5.18. The smallest absolute Gasteiger partial charge is 0.155 e. The van der Waals surface area contributed by atoms with Crippen LogP contribution in [0.5, 0.6) is 5.75 Å². The van der Waals surface area contributed by atoms with Gasteiger partial charge in [-0.05, 0) is 38.1 Å². The van der Waals surface area contributed by atoms with Crippen LogP contribution >= 0.6 is 0 Å². The number of piperidine rings is 1. The second-order valence-electron chi connectivity index (χ2n) is 4.21. The molecular formula is C13H18N2O2. The van der Waals surface area contributed by atoms with Gasteiger partial charge in [-0.1, -0.05) is 6.07 Å². The van der Waals surface area contributed by atoms with Crippen molar-refractivity contribution in [3.8, 4) is 5.75 Å². The average Bonchev–Trinajstić information content (AvgIpc) is 2.39. The van der Waals surface area contributed by atoms with E-state index in [4.69, 9.17) is 4.74 Å². The number of nitrogens with one attached hydrogen (secondary N) is 2. The van der Waals surface area contributed by atoms with E-state index in [1.807, 2.05) is 12.1 Å². The van der Waals surface area contributed by atoms with Crippen LogP contribution in [-0.4, -0.2) is 32.5 Å². The number of carbonyl (C=O) groups is 1. The summed E-state index contributed by atoms with van der Waals surface area (Å²) in [7, 11) is 1.58. The van der Waals surface area contributed by atoms with Crippen molar-refractivity contribution < 1.29 is 9.53 Å². The number of anilines is 1. The van der Waals surface area contributed by atoms with Gasteiger partial charge in [0.2, 0.25) is 0 Å². The zero-order chi connectivity index (χ0) is 12.1. The van der Waals surface area contributed by atoms with E-state index in [0.29, 0.717) is 17.4 Å². The third kappa shape index (κ3) is 2.77.